The van der Waals surface area contributed by atoms with Crippen LogP contribution in [0.5, 0.6) is 0 Å². The fourth-order valence-corrected chi connectivity index (χ4v) is 2.14. The SMILES string of the molecule is C[n+]1c2ccc([N+](=O)[O-])cc2n2ccccc21. The Kier molecular flexibility index (Phi) is 1.89. The molecule has 17 heavy (non-hydrogen) atoms. The molecule has 3 aromatic rings. The highest BCUT2D eigenvalue weighted by Crippen LogP contribution is 2.20. The maximum absolute atomic E-state index is 10.8. The van der Waals surface area contributed by atoms with Crippen molar-refractivity contribution in [2.75, 3.05) is 0 Å². The quantitative estimate of drug-likeness (QED) is 0.362. The number of imidazole rings is 1. The van der Waals surface area contributed by atoms with Crippen LogP contribution in [0.3, 0.4) is 0 Å². The Balaban J connectivity index is 2.50. The Bertz CT molecular complexity index is 746. The summed E-state index contributed by atoms with van der Waals surface area (Å²) in [5.41, 5.74) is 2.93. The number of aryl methyl sites for hydroxylation is 1. The lowest BCUT2D eigenvalue weighted by Crippen LogP contribution is -2.26. The Hall–Kier alpha value is -2.43. The van der Waals surface area contributed by atoms with Gasteiger partial charge in [-0.25, -0.2) is 4.57 Å². The molecule has 2 heterocycles. The predicted octanol–water partition coefficient (Wildman–Crippen LogP) is 1.83. The van der Waals surface area contributed by atoms with E-state index in [1.54, 1.807) is 12.1 Å². The van der Waals surface area contributed by atoms with Crippen molar-refractivity contribution in [1.82, 2.24) is 4.40 Å². The number of nitrogens with zero attached hydrogens (tertiary/aromatic N) is 3. The molecule has 0 saturated heterocycles. The topological polar surface area (TPSA) is 51.4 Å². The van der Waals surface area contributed by atoms with E-state index in [1.807, 2.05) is 40.4 Å². The number of pyridine rings is 1. The summed E-state index contributed by atoms with van der Waals surface area (Å²) in [5.74, 6) is 0. The number of rotatable bonds is 1. The number of aromatic nitrogens is 2. The van der Waals surface area contributed by atoms with Gasteiger partial charge in [0.2, 0.25) is 0 Å². The van der Waals surface area contributed by atoms with Gasteiger partial charge in [-0.15, -0.1) is 0 Å². The number of nitro groups is 1. The van der Waals surface area contributed by atoms with E-state index in [0.717, 1.165) is 16.7 Å². The van der Waals surface area contributed by atoms with Crippen molar-refractivity contribution in [2.45, 2.75) is 0 Å². The number of nitro benzene ring substituents is 1. The molecule has 0 aliphatic heterocycles. The first kappa shape index (κ1) is 9.77. The van der Waals surface area contributed by atoms with E-state index in [-0.39, 0.29) is 10.6 Å². The van der Waals surface area contributed by atoms with Crippen LogP contribution in [0.15, 0.2) is 42.6 Å². The van der Waals surface area contributed by atoms with Crippen LogP contribution < -0.4 is 4.57 Å². The summed E-state index contributed by atoms with van der Waals surface area (Å²) >= 11 is 0. The van der Waals surface area contributed by atoms with Gasteiger partial charge in [-0.3, -0.25) is 10.1 Å². The average molecular weight is 228 g/mol. The summed E-state index contributed by atoms with van der Waals surface area (Å²) < 4.78 is 3.96. The van der Waals surface area contributed by atoms with E-state index in [1.165, 1.54) is 6.07 Å². The summed E-state index contributed by atoms with van der Waals surface area (Å²) in [5, 5.41) is 10.8. The molecule has 5 nitrogen and oxygen atoms in total. The van der Waals surface area contributed by atoms with Crippen molar-refractivity contribution >= 4 is 22.4 Å². The zero-order chi connectivity index (χ0) is 12.0. The second-order valence-corrected chi connectivity index (χ2v) is 3.92. The van der Waals surface area contributed by atoms with E-state index in [9.17, 15) is 10.1 Å². The number of benzene rings is 1. The van der Waals surface area contributed by atoms with Crippen molar-refractivity contribution in [2.24, 2.45) is 7.05 Å². The van der Waals surface area contributed by atoms with Crippen molar-refractivity contribution in [3.63, 3.8) is 0 Å². The van der Waals surface area contributed by atoms with Gasteiger partial charge in [0.1, 0.15) is 0 Å². The monoisotopic (exact) mass is 228 g/mol. The third-order valence-electron chi connectivity index (χ3n) is 2.97. The van der Waals surface area contributed by atoms with E-state index in [4.69, 9.17) is 0 Å². The van der Waals surface area contributed by atoms with Crippen molar-refractivity contribution < 1.29 is 9.49 Å². The third kappa shape index (κ3) is 1.29. The molecule has 5 heteroatoms. The molecule has 0 radical (unpaired) electrons. The molecule has 0 unspecified atom stereocenters. The summed E-state index contributed by atoms with van der Waals surface area (Å²) in [6.45, 7) is 0. The Labute approximate surface area is 96.7 Å². The van der Waals surface area contributed by atoms with Gasteiger partial charge in [0.15, 0.2) is 11.0 Å². The first-order valence-electron chi connectivity index (χ1n) is 5.22. The highest BCUT2D eigenvalue weighted by Gasteiger charge is 2.18. The van der Waals surface area contributed by atoms with Crippen LogP contribution in [0, 0.1) is 10.1 Å². The molecule has 0 aliphatic carbocycles. The summed E-state index contributed by atoms with van der Waals surface area (Å²) in [4.78, 5) is 10.4. The van der Waals surface area contributed by atoms with Gasteiger partial charge in [-0.05, 0) is 12.1 Å². The van der Waals surface area contributed by atoms with Crippen LogP contribution in [-0.4, -0.2) is 9.32 Å². The molecule has 0 fully saturated rings. The van der Waals surface area contributed by atoms with Crippen LogP contribution in [0.2, 0.25) is 0 Å². The normalized spacial score (nSPS) is 11.1. The standard InChI is InChI=1S/C12H10N3O2/c1-13-10-6-5-9(15(16)17)8-11(10)14-7-3-2-4-12(13)14/h2-8H,1H3/q+1. The minimum absolute atomic E-state index is 0.112. The van der Waals surface area contributed by atoms with E-state index < -0.39 is 0 Å². The fourth-order valence-electron chi connectivity index (χ4n) is 2.14. The lowest BCUT2D eigenvalue weighted by Gasteiger charge is -1.89. The maximum Gasteiger partial charge on any atom is 0.286 e. The highest BCUT2D eigenvalue weighted by molar-refractivity contribution is 5.78. The molecule has 3 rings (SSSR count). The Morgan fingerprint density at radius 2 is 2.12 bits per heavy atom. The molecule has 0 saturated carbocycles. The van der Waals surface area contributed by atoms with Crippen molar-refractivity contribution in [1.29, 1.82) is 0 Å². The fraction of sp³-hybridized carbons (Fsp3) is 0.0833. The summed E-state index contributed by atoms with van der Waals surface area (Å²) in [7, 11) is 1.95. The first-order chi connectivity index (χ1) is 8.18. The molecule has 0 bridgehead atoms. The molecule has 84 valence electrons. The molecule has 0 atom stereocenters. The number of hydrogen-bond donors (Lipinski definition) is 0. The lowest BCUT2D eigenvalue weighted by atomic mass is 10.3. The second kappa shape index (κ2) is 3.28. The van der Waals surface area contributed by atoms with Gasteiger partial charge in [0, 0.05) is 12.1 Å². The van der Waals surface area contributed by atoms with E-state index in [0.29, 0.717) is 0 Å². The minimum atomic E-state index is -0.373. The summed E-state index contributed by atoms with van der Waals surface area (Å²) in [6.07, 6.45) is 1.90. The molecule has 0 spiro atoms. The molecule has 0 amide bonds. The van der Waals surface area contributed by atoms with Gasteiger partial charge in [0.25, 0.3) is 11.3 Å². The van der Waals surface area contributed by atoms with Crippen LogP contribution >= 0.6 is 0 Å². The molecular formula is C12H10N3O2+. The smallest absolute Gasteiger partial charge is 0.258 e. The van der Waals surface area contributed by atoms with Gasteiger partial charge in [-0.1, -0.05) is 6.07 Å². The maximum atomic E-state index is 10.8. The zero-order valence-electron chi connectivity index (χ0n) is 9.20. The Morgan fingerprint density at radius 1 is 1.29 bits per heavy atom. The van der Waals surface area contributed by atoms with Gasteiger partial charge < -0.3 is 0 Å². The number of hydrogen-bond acceptors (Lipinski definition) is 2. The number of non-ortho nitro benzene ring substituents is 1. The number of fused-ring (bicyclic) bond motifs is 3. The summed E-state index contributed by atoms with van der Waals surface area (Å²) in [6, 6.07) is 10.7. The van der Waals surface area contributed by atoms with E-state index in [2.05, 4.69) is 0 Å². The van der Waals surface area contributed by atoms with Crippen LogP contribution in [0.1, 0.15) is 0 Å². The van der Waals surface area contributed by atoms with Crippen molar-refractivity contribution in [3.05, 3.63) is 52.7 Å². The van der Waals surface area contributed by atoms with Crippen LogP contribution in [-0.2, 0) is 7.05 Å². The zero-order valence-corrected chi connectivity index (χ0v) is 9.20. The molecule has 1 aromatic carbocycles. The van der Waals surface area contributed by atoms with E-state index >= 15 is 0 Å². The molecular weight excluding hydrogens is 218 g/mol. The van der Waals surface area contributed by atoms with Gasteiger partial charge >= 0.3 is 0 Å². The lowest BCUT2D eigenvalue weighted by molar-refractivity contribution is -0.618. The average Bonchev–Trinajstić information content (AvgIpc) is 2.64. The molecule has 2 aromatic heterocycles. The largest absolute Gasteiger partial charge is 0.286 e. The highest BCUT2D eigenvalue weighted by atomic mass is 16.6. The van der Waals surface area contributed by atoms with Crippen molar-refractivity contribution in [3.8, 4) is 0 Å². The van der Waals surface area contributed by atoms with Crippen LogP contribution in [0.25, 0.3) is 16.7 Å². The third-order valence-corrected chi connectivity index (χ3v) is 2.97. The second-order valence-electron chi connectivity index (χ2n) is 3.92. The minimum Gasteiger partial charge on any atom is -0.258 e. The first-order valence-corrected chi connectivity index (χ1v) is 5.22. The van der Waals surface area contributed by atoms with Gasteiger partial charge in [0.05, 0.1) is 24.2 Å². The molecule has 0 aliphatic rings. The predicted molar refractivity (Wildman–Crippen MR) is 62.7 cm³/mol. The van der Waals surface area contributed by atoms with Gasteiger partial charge in [-0.2, -0.15) is 4.40 Å². The van der Waals surface area contributed by atoms with Crippen LogP contribution in [0.4, 0.5) is 5.69 Å². The molecule has 0 N–H and O–H groups in total. The Morgan fingerprint density at radius 3 is 2.88 bits per heavy atom.